The Kier molecular flexibility index (Phi) is 14.0. The van der Waals surface area contributed by atoms with E-state index in [-0.39, 0.29) is 0 Å². The molecule has 0 atom stereocenters. The molecule has 0 amide bonds. The predicted octanol–water partition coefficient (Wildman–Crippen LogP) is 5.81. The first-order valence-electron chi connectivity index (χ1n) is 6.86. The molecule has 0 saturated carbocycles. The van der Waals surface area contributed by atoms with Gasteiger partial charge in [-0.25, -0.2) is 0 Å². The summed E-state index contributed by atoms with van der Waals surface area (Å²) in [6, 6.07) is 8.83. The van der Waals surface area contributed by atoms with Crippen molar-refractivity contribution in [2.45, 2.75) is 60.8 Å². The van der Waals surface area contributed by atoms with Crippen LogP contribution in [0.25, 0.3) is 0 Å². The van der Waals surface area contributed by atoms with Crippen LogP contribution in [0.3, 0.4) is 0 Å². The van der Waals surface area contributed by atoms with Gasteiger partial charge in [-0.3, -0.25) is 0 Å². The minimum atomic E-state index is 1.11. The molecule has 0 nitrogen and oxygen atoms in total. The van der Waals surface area contributed by atoms with Crippen LogP contribution in [0.15, 0.2) is 36.4 Å². The van der Waals surface area contributed by atoms with Gasteiger partial charge in [0.1, 0.15) is 0 Å². The molecule has 98 valence electrons. The highest BCUT2D eigenvalue weighted by atomic mass is 13.9. The van der Waals surface area contributed by atoms with E-state index >= 15 is 0 Å². The van der Waals surface area contributed by atoms with Crippen molar-refractivity contribution in [1.29, 1.82) is 0 Å². The summed E-state index contributed by atoms with van der Waals surface area (Å²) in [5.74, 6) is 0. The highest BCUT2D eigenvalue weighted by Gasteiger charge is 1.88. The molecule has 0 spiro atoms. The average Bonchev–Trinajstić information content (AvgIpc) is 2.41. The smallest absolute Gasteiger partial charge is 0.0307 e. The third-order valence-corrected chi connectivity index (χ3v) is 2.44. The molecular formula is C17H30. The fraction of sp³-hybridized carbons (Fsp3) is 0.529. The van der Waals surface area contributed by atoms with Crippen molar-refractivity contribution >= 4 is 0 Å². The summed E-state index contributed by atoms with van der Waals surface area (Å²) in [5.41, 5.74) is 4.11. The lowest BCUT2D eigenvalue weighted by molar-refractivity contribution is 1.10. The minimum absolute atomic E-state index is 1.11. The van der Waals surface area contributed by atoms with Crippen LogP contribution in [0.5, 0.6) is 0 Å². The van der Waals surface area contributed by atoms with E-state index in [9.17, 15) is 0 Å². The number of hydrogen-bond acceptors (Lipinski definition) is 0. The first-order valence-corrected chi connectivity index (χ1v) is 6.86. The van der Waals surface area contributed by atoms with E-state index < -0.39 is 0 Å². The molecule has 0 heteroatoms. The van der Waals surface area contributed by atoms with Crippen LogP contribution in [0.2, 0.25) is 0 Å². The summed E-state index contributed by atoms with van der Waals surface area (Å²) in [5, 5.41) is 0. The van der Waals surface area contributed by atoms with Crippen LogP contribution >= 0.6 is 0 Å². The molecule has 0 bridgehead atoms. The molecule has 0 aliphatic carbocycles. The number of hydrogen-bond donors (Lipinski definition) is 0. The fourth-order valence-electron chi connectivity index (χ4n) is 1.01. The first kappa shape index (κ1) is 18.3. The molecule has 17 heavy (non-hydrogen) atoms. The van der Waals surface area contributed by atoms with Crippen molar-refractivity contribution in [3.05, 3.63) is 47.5 Å². The van der Waals surface area contributed by atoms with Crippen LogP contribution in [0.1, 0.15) is 59.1 Å². The highest BCUT2D eigenvalue weighted by Crippen LogP contribution is 2.04. The fourth-order valence-corrected chi connectivity index (χ4v) is 1.01. The van der Waals surface area contributed by atoms with Gasteiger partial charge < -0.3 is 0 Å². The van der Waals surface area contributed by atoms with Crippen molar-refractivity contribution in [3.8, 4) is 0 Å². The van der Waals surface area contributed by atoms with E-state index in [0.717, 1.165) is 19.3 Å². The van der Waals surface area contributed by atoms with Gasteiger partial charge in [0.25, 0.3) is 0 Å². The molecule has 1 aromatic carbocycles. The Hall–Kier alpha value is -1.04. The van der Waals surface area contributed by atoms with Gasteiger partial charge in [0.05, 0.1) is 0 Å². The molecule has 1 aromatic rings. The van der Waals surface area contributed by atoms with E-state index in [4.69, 9.17) is 0 Å². The SMILES string of the molecule is C=C(C)CC.CC.CCc1ccc(CC)cc1. The van der Waals surface area contributed by atoms with Crippen LogP contribution in [0, 0.1) is 0 Å². The zero-order chi connectivity index (χ0) is 13.7. The van der Waals surface area contributed by atoms with Gasteiger partial charge >= 0.3 is 0 Å². The second-order valence-corrected chi connectivity index (χ2v) is 3.83. The summed E-state index contributed by atoms with van der Waals surface area (Å²) >= 11 is 0. The highest BCUT2D eigenvalue weighted by molar-refractivity contribution is 5.22. The topological polar surface area (TPSA) is 0 Å². The van der Waals surface area contributed by atoms with Crippen molar-refractivity contribution < 1.29 is 0 Å². The zero-order valence-electron chi connectivity index (χ0n) is 12.6. The number of benzene rings is 1. The maximum Gasteiger partial charge on any atom is -0.0307 e. The van der Waals surface area contributed by atoms with Crippen molar-refractivity contribution in [2.75, 3.05) is 0 Å². The third kappa shape index (κ3) is 11.2. The molecule has 0 aromatic heterocycles. The minimum Gasteiger partial charge on any atom is -0.100 e. The van der Waals surface area contributed by atoms with Crippen molar-refractivity contribution in [1.82, 2.24) is 0 Å². The van der Waals surface area contributed by atoms with E-state index in [2.05, 4.69) is 51.6 Å². The second kappa shape index (κ2) is 13.0. The maximum absolute atomic E-state index is 3.67. The van der Waals surface area contributed by atoms with Gasteiger partial charge in [0, 0.05) is 0 Å². The van der Waals surface area contributed by atoms with Gasteiger partial charge in [-0.1, -0.05) is 64.5 Å². The van der Waals surface area contributed by atoms with Gasteiger partial charge in [0.15, 0.2) is 0 Å². The van der Waals surface area contributed by atoms with Gasteiger partial charge in [-0.15, -0.1) is 6.58 Å². The molecule has 0 N–H and O–H groups in total. The van der Waals surface area contributed by atoms with E-state index in [1.165, 1.54) is 16.7 Å². The molecule has 0 fully saturated rings. The maximum atomic E-state index is 3.67. The summed E-state index contributed by atoms with van der Waals surface area (Å²) < 4.78 is 0. The van der Waals surface area contributed by atoms with Crippen LogP contribution in [-0.4, -0.2) is 0 Å². The predicted molar refractivity (Wildman–Crippen MR) is 81.7 cm³/mol. The molecule has 0 aliphatic rings. The molecule has 0 heterocycles. The number of allylic oxidation sites excluding steroid dienone is 1. The van der Waals surface area contributed by atoms with Crippen LogP contribution in [0.4, 0.5) is 0 Å². The molecule has 0 saturated heterocycles. The Labute approximate surface area is 109 Å². The zero-order valence-corrected chi connectivity index (χ0v) is 12.6. The molecule has 0 radical (unpaired) electrons. The van der Waals surface area contributed by atoms with Crippen molar-refractivity contribution in [2.24, 2.45) is 0 Å². The number of aryl methyl sites for hydroxylation is 2. The second-order valence-electron chi connectivity index (χ2n) is 3.83. The summed E-state index contributed by atoms with van der Waals surface area (Å²) in [6.07, 6.45) is 3.40. The van der Waals surface area contributed by atoms with E-state index in [1.807, 2.05) is 20.8 Å². The lowest BCUT2D eigenvalue weighted by Gasteiger charge is -1.97. The monoisotopic (exact) mass is 234 g/mol. The van der Waals surface area contributed by atoms with Gasteiger partial charge in [0.2, 0.25) is 0 Å². The normalized spacial score (nSPS) is 8.35. The van der Waals surface area contributed by atoms with Gasteiger partial charge in [-0.05, 0) is 37.3 Å². The largest absolute Gasteiger partial charge is 0.100 e. The molecule has 0 aliphatic heterocycles. The Morgan fingerprint density at radius 2 is 1.12 bits per heavy atom. The lowest BCUT2D eigenvalue weighted by atomic mass is 10.1. The van der Waals surface area contributed by atoms with Crippen LogP contribution in [-0.2, 0) is 12.8 Å². The standard InChI is InChI=1S/C10H14.C5H10.C2H6/c1-3-9-5-7-10(4-2)8-6-9;1-4-5(2)3;1-2/h5-8H,3-4H2,1-2H3;2,4H2,1,3H3;1-2H3. The van der Waals surface area contributed by atoms with Crippen molar-refractivity contribution in [3.63, 3.8) is 0 Å². The molecular weight excluding hydrogens is 204 g/mol. The Morgan fingerprint density at radius 1 is 0.882 bits per heavy atom. The summed E-state index contributed by atoms with van der Waals surface area (Å²) in [7, 11) is 0. The summed E-state index contributed by atoms with van der Waals surface area (Å²) in [6.45, 7) is 16.2. The molecule has 0 unspecified atom stereocenters. The average molecular weight is 234 g/mol. The van der Waals surface area contributed by atoms with Gasteiger partial charge in [-0.2, -0.15) is 0 Å². The van der Waals surface area contributed by atoms with Crippen LogP contribution < -0.4 is 0 Å². The summed E-state index contributed by atoms with van der Waals surface area (Å²) in [4.78, 5) is 0. The lowest BCUT2D eigenvalue weighted by Crippen LogP contribution is -1.81. The Bertz CT molecular complexity index is 244. The first-order chi connectivity index (χ1) is 8.13. The number of rotatable bonds is 3. The van der Waals surface area contributed by atoms with E-state index in [0.29, 0.717) is 0 Å². The Morgan fingerprint density at radius 3 is 1.24 bits per heavy atom. The Balaban J connectivity index is 0. The molecule has 1 rings (SSSR count). The third-order valence-electron chi connectivity index (χ3n) is 2.44. The van der Waals surface area contributed by atoms with E-state index in [1.54, 1.807) is 0 Å². The quantitative estimate of drug-likeness (QED) is 0.579.